The lowest BCUT2D eigenvalue weighted by atomic mass is 10.1. The van der Waals surface area contributed by atoms with Crippen LogP contribution in [0.3, 0.4) is 0 Å². The molecule has 15 heavy (non-hydrogen) atoms. The van der Waals surface area contributed by atoms with E-state index in [9.17, 15) is 5.11 Å². The van der Waals surface area contributed by atoms with Gasteiger partial charge in [0, 0.05) is 11.3 Å². The number of nitrogens with zero attached hydrogens (tertiary/aromatic N) is 1. The molecule has 2 heterocycles. The van der Waals surface area contributed by atoms with Crippen molar-refractivity contribution in [2.75, 3.05) is 0 Å². The highest BCUT2D eigenvalue weighted by Gasteiger charge is 2.12. The number of aromatic nitrogens is 1. The van der Waals surface area contributed by atoms with Gasteiger partial charge in [0.1, 0.15) is 0 Å². The largest absolute Gasteiger partial charge is 0.388 e. The smallest absolute Gasteiger partial charge is 0.0960 e. The first-order chi connectivity index (χ1) is 7.16. The molecule has 0 aromatic carbocycles. The zero-order valence-corrected chi connectivity index (χ0v) is 10.4. The fourth-order valence-electron chi connectivity index (χ4n) is 1.37. The van der Waals surface area contributed by atoms with E-state index in [-0.39, 0.29) is 0 Å². The molecule has 0 amide bonds. The van der Waals surface area contributed by atoms with E-state index in [0.29, 0.717) is 6.42 Å². The third kappa shape index (κ3) is 2.45. The average molecular weight is 239 g/mol. The van der Waals surface area contributed by atoms with Gasteiger partial charge in [-0.05, 0) is 36.2 Å². The molecule has 0 fully saturated rings. The lowest BCUT2D eigenvalue weighted by Crippen LogP contribution is -1.99. The van der Waals surface area contributed by atoms with E-state index < -0.39 is 6.10 Å². The number of aryl methyl sites for hydroxylation is 2. The van der Waals surface area contributed by atoms with Crippen LogP contribution in [-0.4, -0.2) is 10.1 Å². The Morgan fingerprint density at radius 3 is 2.80 bits per heavy atom. The summed E-state index contributed by atoms with van der Waals surface area (Å²) in [7, 11) is 0. The molecule has 4 heteroatoms. The minimum absolute atomic E-state index is 0.416. The Balaban J connectivity index is 2.09. The molecule has 0 saturated carbocycles. The fraction of sp³-hybridized carbons (Fsp3) is 0.364. The van der Waals surface area contributed by atoms with Crippen LogP contribution in [0.1, 0.15) is 27.2 Å². The van der Waals surface area contributed by atoms with Crippen LogP contribution in [0.25, 0.3) is 0 Å². The third-order valence-electron chi connectivity index (χ3n) is 2.37. The van der Waals surface area contributed by atoms with Crippen molar-refractivity contribution >= 4 is 22.7 Å². The summed E-state index contributed by atoms with van der Waals surface area (Å²) in [6, 6.07) is 1.96. The monoisotopic (exact) mass is 239 g/mol. The van der Waals surface area contributed by atoms with E-state index in [2.05, 4.69) is 11.9 Å². The summed E-state index contributed by atoms with van der Waals surface area (Å²) >= 11 is 3.28. The predicted octanol–water partition coefficient (Wildman–Crippen LogP) is 3.10. The molecule has 0 aliphatic rings. The molecule has 2 aromatic rings. The van der Waals surface area contributed by atoms with Gasteiger partial charge in [-0.3, -0.25) is 0 Å². The Labute approximate surface area is 97.2 Å². The van der Waals surface area contributed by atoms with Crippen molar-refractivity contribution in [2.24, 2.45) is 0 Å². The highest BCUT2D eigenvalue weighted by atomic mass is 32.1. The van der Waals surface area contributed by atoms with Crippen LogP contribution < -0.4 is 0 Å². The minimum Gasteiger partial charge on any atom is -0.388 e. The number of aliphatic hydroxyl groups is 1. The van der Waals surface area contributed by atoms with Crippen LogP contribution in [0.2, 0.25) is 0 Å². The van der Waals surface area contributed by atoms with Crippen LogP contribution >= 0.6 is 22.7 Å². The Bertz CT molecular complexity index is 414. The van der Waals surface area contributed by atoms with Gasteiger partial charge >= 0.3 is 0 Å². The maximum atomic E-state index is 9.94. The summed E-state index contributed by atoms with van der Waals surface area (Å²) < 4.78 is 0. The van der Waals surface area contributed by atoms with Gasteiger partial charge in [-0.1, -0.05) is 0 Å². The van der Waals surface area contributed by atoms with E-state index in [1.165, 1.54) is 4.88 Å². The standard InChI is InChI=1S/C11H13NOS2/c1-7-8(2)15-11(12-7)5-10(13)9-3-4-14-6-9/h3-4,6,10,13H,5H2,1-2H3. The summed E-state index contributed by atoms with van der Waals surface area (Å²) in [6.07, 6.45) is 0.206. The van der Waals surface area contributed by atoms with Gasteiger partial charge in [0.2, 0.25) is 0 Å². The van der Waals surface area contributed by atoms with Crippen molar-refractivity contribution in [1.29, 1.82) is 0 Å². The molecule has 0 aliphatic heterocycles. The Morgan fingerprint density at radius 2 is 2.27 bits per heavy atom. The van der Waals surface area contributed by atoms with Gasteiger partial charge in [-0.2, -0.15) is 11.3 Å². The van der Waals surface area contributed by atoms with Crippen molar-refractivity contribution in [2.45, 2.75) is 26.4 Å². The van der Waals surface area contributed by atoms with E-state index in [1.807, 2.05) is 23.8 Å². The molecule has 0 radical (unpaired) electrons. The highest BCUT2D eigenvalue weighted by Crippen LogP contribution is 2.24. The van der Waals surface area contributed by atoms with Crippen molar-refractivity contribution < 1.29 is 5.11 Å². The first-order valence-electron chi connectivity index (χ1n) is 4.80. The summed E-state index contributed by atoms with van der Waals surface area (Å²) in [5, 5.41) is 14.9. The zero-order chi connectivity index (χ0) is 10.8. The molecule has 1 atom stereocenters. The summed E-state index contributed by atoms with van der Waals surface area (Å²) in [6.45, 7) is 4.07. The molecule has 2 rings (SSSR count). The molecule has 0 saturated heterocycles. The maximum absolute atomic E-state index is 9.94. The fourth-order valence-corrected chi connectivity index (χ4v) is 3.05. The highest BCUT2D eigenvalue weighted by molar-refractivity contribution is 7.11. The molecule has 80 valence electrons. The number of aliphatic hydroxyl groups excluding tert-OH is 1. The number of thiophene rings is 1. The van der Waals surface area contributed by atoms with Gasteiger partial charge < -0.3 is 5.11 Å². The molecule has 2 nitrogen and oxygen atoms in total. The number of thiazole rings is 1. The average Bonchev–Trinajstić information content (AvgIpc) is 2.77. The van der Waals surface area contributed by atoms with E-state index in [0.717, 1.165) is 16.3 Å². The predicted molar refractivity (Wildman–Crippen MR) is 64.6 cm³/mol. The summed E-state index contributed by atoms with van der Waals surface area (Å²) in [4.78, 5) is 5.66. The Kier molecular flexibility index (Phi) is 3.19. The molecular weight excluding hydrogens is 226 g/mol. The minimum atomic E-state index is -0.416. The van der Waals surface area contributed by atoms with Crippen LogP contribution in [0, 0.1) is 13.8 Å². The van der Waals surface area contributed by atoms with Crippen molar-refractivity contribution in [3.63, 3.8) is 0 Å². The van der Waals surface area contributed by atoms with Crippen molar-refractivity contribution in [3.05, 3.63) is 38.0 Å². The van der Waals surface area contributed by atoms with E-state index in [4.69, 9.17) is 0 Å². The number of hydrogen-bond acceptors (Lipinski definition) is 4. The summed E-state index contributed by atoms with van der Waals surface area (Å²) in [5.41, 5.74) is 2.07. The molecule has 1 unspecified atom stereocenters. The van der Waals surface area contributed by atoms with Gasteiger partial charge in [-0.15, -0.1) is 11.3 Å². The van der Waals surface area contributed by atoms with E-state index >= 15 is 0 Å². The first kappa shape index (κ1) is 10.8. The quantitative estimate of drug-likeness (QED) is 0.893. The van der Waals surface area contributed by atoms with Crippen LogP contribution in [0.4, 0.5) is 0 Å². The zero-order valence-electron chi connectivity index (χ0n) is 8.73. The SMILES string of the molecule is Cc1nc(CC(O)c2ccsc2)sc1C. The Hall–Kier alpha value is -0.710. The maximum Gasteiger partial charge on any atom is 0.0960 e. The van der Waals surface area contributed by atoms with E-state index in [1.54, 1.807) is 22.7 Å². The molecule has 2 aromatic heterocycles. The van der Waals surface area contributed by atoms with Crippen LogP contribution in [0.15, 0.2) is 16.8 Å². The van der Waals surface area contributed by atoms with Crippen molar-refractivity contribution in [3.8, 4) is 0 Å². The second-order valence-electron chi connectivity index (χ2n) is 3.53. The van der Waals surface area contributed by atoms with Gasteiger partial charge in [0.25, 0.3) is 0 Å². The van der Waals surface area contributed by atoms with Crippen molar-refractivity contribution in [1.82, 2.24) is 4.98 Å². The lowest BCUT2D eigenvalue weighted by molar-refractivity contribution is 0.179. The normalized spacial score (nSPS) is 13.0. The molecule has 1 N–H and O–H groups in total. The summed E-state index contributed by atoms with van der Waals surface area (Å²) in [5.74, 6) is 0. The molecule has 0 bridgehead atoms. The first-order valence-corrected chi connectivity index (χ1v) is 6.56. The topological polar surface area (TPSA) is 33.1 Å². The van der Waals surface area contributed by atoms with Gasteiger partial charge in [0.05, 0.1) is 16.8 Å². The lowest BCUT2D eigenvalue weighted by Gasteiger charge is -2.05. The number of hydrogen-bond donors (Lipinski definition) is 1. The Morgan fingerprint density at radius 1 is 1.47 bits per heavy atom. The van der Waals surface area contributed by atoms with Crippen LogP contribution in [0.5, 0.6) is 0 Å². The van der Waals surface area contributed by atoms with Gasteiger partial charge in [-0.25, -0.2) is 4.98 Å². The second-order valence-corrected chi connectivity index (χ2v) is 5.59. The third-order valence-corrected chi connectivity index (χ3v) is 4.17. The molecule has 0 aliphatic carbocycles. The number of rotatable bonds is 3. The molecular formula is C11H13NOS2. The van der Waals surface area contributed by atoms with Crippen LogP contribution in [-0.2, 0) is 6.42 Å². The molecule has 0 spiro atoms. The van der Waals surface area contributed by atoms with Gasteiger partial charge in [0.15, 0.2) is 0 Å². The second kappa shape index (κ2) is 4.43.